The van der Waals surface area contributed by atoms with E-state index < -0.39 is 11.9 Å². The molecule has 36 heavy (non-hydrogen) atoms. The zero-order valence-electron chi connectivity index (χ0n) is 22.6. The predicted molar refractivity (Wildman–Crippen MR) is 146 cm³/mol. The number of aryl methyl sites for hydroxylation is 2. The van der Waals surface area contributed by atoms with Crippen molar-refractivity contribution in [3.8, 4) is 0 Å². The lowest BCUT2D eigenvalue weighted by Crippen LogP contribution is -2.16. The Labute approximate surface area is 217 Å². The third-order valence-corrected chi connectivity index (χ3v) is 5.40. The first-order chi connectivity index (χ1) is 17.0. The van der Waals surface area contributed by atoms with Crippen molar-refractivity contribution in [2.45, 2.75) is 98.2 Å². The summed E-state index contributed by atoms with van der Waals surface area (Å²) < 4.78 is 0. The molecule has 0 aliphatic carbocycles. The number of carboxylic acid groups (broad SMARTS) is 2. The van der Waals surface area contributed by atoms with Gasteiger partial charge in [-0.05, 0) is 86.8 Å². The zero-order valence-corrected chi connectivity index (χ0v) is 22.6. The van der Waals surface area contributed by atoms with Crippen LogP contribution in [-0.2, 0) is 12.8 Å². The van der Waals surface area contributed by atoms with Gasteiger partial charge in [0, 0.05) is 0 Å². The van der Waals surface area contributed by atoms with Gasteiger partial charge in [-0.15, -0.1) is 0 Å². The second-order valence-electron chi connectivity index (χ2n) is 9.58. The van der Waals surface area contributed by atoms with Gasteiger partial charge in [-0.1, -0.05) is 64.8 Å². The minimum absolute atomic E-state index is 0.333. The van der Waals surface area contributed by atoms with E-state index in [-0.39, 0.29) is 12.2 Å². The van der Waals surface area contributed by atoms with E-state index in [9.17, 15) is 14.7 Å². The van der Waals surface area contributed by atoms with Gasteiger partial charge in [0.25, 0.3) is 0 Å². The Kier molecular flexibility index (Phi) is 18.0. The van der Waals surface area contributed by atoms with E-state index in [1.807, 2.05) is 24.3 Å². The van der Waals surface area contributed by atoms with E-state index in [4.69, 9.17) is 15.3 Å². The predicted octanol–water partition coefficient (Wildman–Crippen LogP) is 6.62. The number of hydrogen-bond acceptors (Lipinski definition) is 4. The molecule has 0 saturated heterocycles. The molecular weight excluding hydrogens is 456 g/mol. The standard InChI is InChI=1S/2C11H14O2.C8H18O2/c2*1-2-3-4-9-5-7-10(8-6-9)11(12)13;1-6(2)4-8(10)5-7(3)9/h2*5-8H,2-4H2,1H3,(H,12,13);6-10H,4-5H2,1-3H3. The second kappa shape index (κ2) is 19.5. The Balaban J connectivity index is 0.000000517. The summed E-state index contributed by atoms with van der Waals surface area (Å²) in [6.07, 6.45) is 7.30. The number of aromatic carboxylic acids is 2. The van der Waals surface area contributed by atoms with E-state index in [0.717, 1.165) is 32.1 Å². The van der Waals surface area contributed by atoms with Gasteiger partial charge in [-0.3, -0.25) is 0 Å². The van der Waals surface area contributed by atoms with Gasteiger partial charge in [-0.2, -0.15) is 0 Å². The number of carboxylic acids is 2. The number of hydrogen-bond donors (Lipinski definition) is 4. The summed E-state index contributed by atoms with van der Waals surface area (Å²) in [7, 11) is 0. The van der Waals surface area contributed by atoms with E-state index in [1.54, 1.807) is 31.2 Å². The maximum Gasteiger partial charge on any atom is 0.335 e. The Morgan fingerprint density at radius 1 is 0.667 bits per heavy atom. The largest absolute Gasteiger partial charge is 0.478 e. The molecule has 0 fully saturated rings. The molecule has 6 heteroatoms. The molecule has 2 aromatic rings. The highest BCUT2D eigenvalue weighted by molar-refractivity contribution is 5.87. The molecule has 0 aliphatic heterocycles. The van der Waals surface area contributed by atoms with Crippen LogP contribution >= 0.6 is 0 Å². The van der Waals surface area contributed by atoms with Crippen LogP contribution in [-0.4, -0.2) is 44.6 Å². The van der Waals surface area contributed by atoms with Crippen molar-refractivity contribution in [3.63, 3.8) is 0 Å². The van der Waals surface area contributed by atoms with Gasteiger partial charge in [0.05, 0.1) is 23.3 Å². The van der Waals surface area contributed by atoms with Crippen molar-refractivity contribution >= 4 is 11.9 Å². The van der Waals surface area contributed by atoms with Crippen LogP contribution in [0, 0.1) is 5.92 Å². The lowest BCUT2D eigenvalue weighted by atomic mass is 10.0. The van der Waals surface area contributed by atoms with Crippen molar-refractivity contribution in [2.75, 3.05) is 0 Å². The van der Waals surface area contributed by atoms with Gasteiger partial charge in [0.15, 0.2) is 0 Å². The minimum Gasteiger partial charge on any atom is -0.478 e. The highest BCUT2D eigenvalue weighted by Crippen LogP contribution is 2.10. The minimum atomic E-state index is -0.859. The normalized spacial score (nSPS) is 12.0. The van der Waals surface area contributed by atoms with Crippen LogP contribution in [0.15, 0.2) is 48.5 Å². The highest BCUT2D eigenvalue weighted by Gasteiger charge is 2.09. The van der Waals surface area contributed by atoms with Crippen LogP contribution in [0.2, 0.25) is 0 Å². The molecule has 2 atom stereocenters. The molecule has 0 spiro atoms. The molecular formula is C30H46O6. The summed E-state index contributed by atoms with van der Waals surface area (Å²) in [5.41, 5.74) is 3.15. The molecule has 6 nitrogen and oxygen atoms in total. The van der Waals surface area contributed by atoms with E-state index >= 15 is 0 Å². The smallest absolute Gasteiger partial charge is 0.335 e. The van der Waals surface area contributed by atoms with E-state index in [1.165, 1.54) is 24.0 Å². The first-order valence-electron chi connectivity index (χ1n) is 13.0. The molecule has 2 aromatic carbocycles. The average Bonchev–Trinajstić information content (AvgIpc) is 2.81. The monoisotopic (exact) mass is 502 g/mol. The quantitative estimate of drug-likeness (QED) is 0.259. The molecule has 0 saturated carbocycles. The SMILES string of the molecule is CC(C)CC(O)CC(C)O.CCCCc1ccc(C(=O)O)cc1.CCCCc1ccc(C(=O)O)cc1. The Bertz CT molecular complexity index is 769. The van der Waals surface area contributed by atoms with Gasteiger partial charge < -0.3 is 20.4 Å². The molecule has 0 aliphatic rings. The number of carbonyl (C=O) groups is 2. The molecule has 202 valence electrons. The highest BCUT2D eigenvalue weighted by atomic mass is 16.4. The van der Waals surface area contributed by atoms with Gasteiger partial charge in [-0.25, -0.2) is 9.59 Å². The van der Waals surface area contributed by atoms with Gasteiger partial charge in [0.1, 0.15) is 0 Å². The fourth-order valence-electron chi connectivity index (χ4n) is 3.42. The molecule has 0 aromatic heterocycles. The summed E-state index contributed by atoms with van der Waals surface area (Å²) in [5.74, 6) is -1.21. The third kappa shape index (κ3) is 16.8. The zero-order chi connectivity index (χ0) is 27.5. The molecule has 0 amide bonds. The maximum absolute atomic E-state index is 10.5. The number of unbranched alkanes of at least 4 members (excludes halogenated alkanes) is 2. The average molecular weight is 503 g/mol. The third-order valence-electron chi connectivity index (χ3n) is 5.40. The number of rotatable bonds is 12. The number of aliphatic hydroxyl groups is 2. The van der Waals surface area contributed by atoms with Crippen LogP contribution in [0.25, 0.3) is 0 Å². The molecule has 4 N–H and O–H groups in total. The van der Waals surface area contributed by atoms with Crippen LogP contribution < -0.4 is 0 Å². The summed E-state index contributed by atoms with van der Waals surface area (Å²) in [5, 5.41) is 35.4. The van der Waals surface area contributed by atoms with Gasteiger partial charge in [0.2, 0.25) is 0 Å². The number of benzene rings is 2. The molecule has 0 bridgehead atoms. The summed E-state index contributed by atoms with van der Waals surface area (Å²) in [4.78, 5) is 21.1. The fraction of sp³-hybridized carbons (Fsp3) is 0.533. The molecule has 2 unspecified atom stereocenters. The fourth-order valence-corrected chi connectivity index (χ4v) is 3.42. The first-order valence-corrected chi connectivity index (χ1v) is 13.0. The van der Waals surface area contributed by atoms with Crippen LogP contribution in [0.4, 0.5) is 0 Å². The topological polar surface area (TPSA) is 115 Å². The Morgan fingerprint density at radius 2 is 1.03 bits per heavy atom. The Hall–Kier alpha value is -2.70. The Morgan fingerprint density at radius 3 is 1.28 bits per heavy atom. The van der Waals surface area contributed by atoms with Crippen LogP contribution in [0.3, 0.4) is 0 Å². The first kappa shape index (κ1) is 33.3. The summed E-state index contributed by atoms with van der Waals surface area (Å²) in [6.45, 7) is 10.1. The van der Waals surface area contributed by atoms with Crippen LogP contribution in [0.1, 0.15) is 105 Å². The summed E-state index contributed by atoms with van der Waals surface area (Å²) >= 11 is 0. The summed E-state index contributed by atoms with van der Waals surface area (Å²) in [6, 6.07) is 14.2. The lowest BCUT2D eigenvalue weighted by Gasteiger charge is -2.13. The van der Waals surface area contributed by atoms with Crippen molar-refractivity contribution in [1.29, 1.82) is 0 Å². The molecule has 0 radical (unpaired) electrons. The molecule has 0 heterocycles. The van der Waals surface area contributed by atoms with Crippen molar-refractivity contribution in [1.82, 2.24) is 0 Å². The van der Waals surface area contributed by atoms with Crippen LogP contribution in [0.5, 0.6) is 0 Å². The van der Waals surface area contributed by atoms with Crippen molar-refractivity contribution in [2.24, 2.45) is 5.92 Å². The van der Waals surface area contributed by atoms with Crippen molar-refractivity contribution in [3.05, 3.63) is 70.8 Å². The van der Waals surface area contributed by atoms with Crippen molar-refractivity contribution < 1.29 is 30.0 Å². The lowest BCUT2D eigenvalue weighted by molar-refractivity contribution is 0.0686. The molecule has 2 rings (SSSR count). The maximum atomic E-state index is 10.5. The number of aliphatic hydroxyl groups excluding tert-OH is 2. The van der Waals surface area contributed by atoms with E-state index in [2.05, 4.69) is 27.7 Å². The second-order valence-corrected chi connectivity index (χ2v) is 9.58. The van der Waals surface area contributed by atoms with E-state index in [0.29, 0.717) is 23.5 Å². The van der Waals surface area contributed by atoms with Gasteiger partial charge >= 0.3 is 11.9 Å².